The molecule has 0 amide bonds. The molecule has 0 aromatic heterocycles. The van der Waals surface area contributed by atoms with E-state index in [0.29, 0.717) is 13.0 Å². The van der Waals surface area contributed by atoms with Crippen LogP contribution < -0.4 is 5.32 Å². The number of hydrogen-bond donors (Lipinski definition) is 1. The topological polar surface area (TPSA) is 12.0 Å². The van der Waals surface area contributed by atoms with Crippen LogP contribution in [-0.4, -0.2) is 12.7 Å². The average molecular weight is 287 g/mol. The van der Waals surface area contributed by atoms with E-state index in [1.54, 1.807) is 0 Å². The van der Waals surface area contributed by atoms with Gasteiger partial charge in [-0.05, 0) is 43.9 Å². The lowest BCUT2D eigenvalue weighted by atomic mass is 10.0. The minimum absolute atomic E-state index is 0.177. The number of alkyl halides is 3. The van der Waals surface area contributed by atoms with Crippen molar-refractivity contribution >= 4 is 0 Å². The Morgan fingerprint density at radius 1 is 1.10 bits per heavy atom. The minimum Gasteiger partial charge on any atom is -0.310 e. The first-order valence-corrected chi connectivity index (χ1v) is 7.31. The summed E-state index contributed by atoms with van der Waals surface area (Å²) in [5, 5.41) is 3.27. The van der Waals surface area contributed by atoms with Crippen molar-refractivity contribution in [2.24, 2.45) is 0 Å². The first-order chi connectivity index (χ1) is 9.42. The Bertz CT molecular complexity index is 370. The average Bonchev–Trinajstić information content (AvgIpc) is 2.38. The van der Waals surface area contributed by atoms with Crippen LogP contribution in [0.25, 0.3) is 0 Å². The number of halogens is 3. The van der Waals surface area contributed by atoms with Crippen LogP contribution in [0, 0.1) is 0 Å². The summed E-state index contributed by atoms with van der Waals surface area (Å²) < 4.78 is 36.0. The smallest absolute Gasteiger partial charge is 0.310 e. The van der Waals surface area contributed by atoms with E-state index >= 15 is 0 Å². The maximum Gasteiger partial charge on any atom is 0.389 e. The highest BCUT2D eigenvalue weighted by Gasteiger charge is 2.25. The SMILES string of the molecule is CCCc1ccc(C(C)NCCCCC(F)(F)F)cc1. The molecule has 1 aromatic carbocycles. The third-order valence-corrected chi connectivity index (χ3v) is 3.36. The van der Waals surface area contributed by atoms with E-state index in [1.807, 2.05) is 6.92 Å². The molecule has 0 aliphatic carbocycles. The highest BCUT2D eigenvalue weighted by Crippen LogP contribution is 2.22. The van der Waals surface area contributed by atoms with Crippen LogP contribution in [0.1, 0.15) is 56.7 Å². The van der Waals surface area contributed by atoms with Crippen LogP contribution in [0.2, 0.25) is 0 Å². The normalized spacial score (nSPS) is 13.4. The molecular formula is C16H24F3N. The molecule has 1 unspecified atom stereocenters. The lowest BCUT2D eigenvalue weighted by Gasteiger charge is -2.15. The molecule has 4 heteroatoms. The molecule has 0 saturated carbocycles. The largest absolute Gasteiger partial charge is 0.389 e. The Labute approximate surface area is 119 Å². The monoisotopic (exact) mass is 287 g/mol. The molecule has 114 valence electrons. The Morgan fingerprint density at radius 3 is 2.30 bits per heavy atom. The van der Waals surface area contributed by atoms with E-state index in [-0.39, 0.29) is 12.5 Å². The Balaban J connectivity index is 2.26. The van der Waals surface area contributed by atoms with Gasteiger partial charge in [-0.1, -0.05) is 37.6 Å². The van der Waals surface area contributed by atoms with Crippen LogP contribution in [0.4, 0.5) is 13.2 Å². The molecule has 20 heavy (non-hydrogen) atoms. The molecule has 0 heterocycles. The fourth-order valence-electron chi connectivity index (χ4n) is 2.15. The van der Waals surface area contributed by atoms with Crippen molar-refractivity contribution < 1.29 is 13.2 Å². The van der Waals surface area contributed by atoms with Crippen LogP contribution in [0.5, 0.6) is 0 Å². The van der Waals surface area contributed by atoms with Crippen molar-refractivity contribution in [3.63, 3.8) is 0 Å². The maximum absolute atomic E-state index is 12.0. The molecular weight excluding hydrogens is 263 g/mol. The third-order valence-electron chi connectivity index (χ3n) is 3.36. The van der Waals surface area contributed by atoms with Crippen LogP contribution in [0.3, 0.4) is 0 Å². The maximum atomic E-state index is 12.0. The quantitative estimate of drug-likeness (QED) is 0.662. The molecule has 1 aromatic rings. The number of rotatable bonds is 8. The number of unbranched alkanes of at least 4 members (excludes halogenated alkanes) is 1. The Hall–Kier alpha value is -1.03. The van der Waals surface area contributed by atoms with Crippen molar-refractivity contribution in [1.82, 2.24) is 5.32 Å². The van der Waals surface area contributed by atoms with Gasteiger partial charge in [-0.25, -0.2) is 0 Å². The summed E-state index contributed by atoms with van der Waals surface area (Å²) in [7, 11) is 0. The van der Waals surface area contributed by atoms with Crippen LogP contribution >= 0.6 is 0 Å². The van der Waals surface area contributed by atoms with E-state index < -0.39 is 12.6 Å². The highest BCUT2D eigenvalue weighted by molar-refractivity contribution is 5.24. The van der Waals surface area contributed by atoms with Crippen molar-refractivity contribution in [2.45, 2.75) is 58.2 Å². The van der Waals surface area contributed by atoms with Gasteiger partial charge in [-0.2, -0.15) is 13.2 Å². The second-order valence-electron chi connectivity index (χ2n) is 5.24. The summed E-state index contributed by atoms with van der Waals surface area (Å²) in [5.41, 5.74) is 2.51. The molecule has 1 N–H and O–H groups in total. The molecule has 0 aliphatic heterocycles. The van der Waals surface area contributed by atoms with Crippen LogP contribution in [0.15, 0.2) is 24.3 Å². The van der Waals surface area contributed by atoms with E-state index in [0.717, 1.165) is 12.8 Å². The van der Waals surface area contributed by atoms with Gasteiger partial charge in [0.05, 0.1) is 0 Å². The first kappa shape index (κ1) is 17.0. The third kappa shape index (κ3) is 6.94. The van der Waals surface area contributed by atoms with E-state index in [2.05, 4.69) is 36.5 Å². The Morgan fingerprint density at radius 2 is 1.75 bits per heavy atom. The predicted octanol–water partition coefficient (Wildman–Crippen LogP) is 5.02. The number of aryl methyl sites for hydroxylation is 1. The highest BCUT2D eigenvalue weighted by atomic mass is 19.4. The van der Waals surface area contributed by atoms with Gasteiger partial charge in [0.1, 0.15) is 0 Å². The molecule has 0 saturated heterocycles. The van der Waals surface area contributed by atoms with E-state index in [9.17, 15) is 13.2 Å². The fourth-order valence-corrected chi connectivity index (χ4v) is 2.15. The van der Waals surface area contributed by atoms with Crippen molar-refractivity contribution in [3.05, 3.63) is 35.4 Å². The summed E-state index contributed by atoms with van der Waals surface area (Å²) in [6.07, 6.45) is -1.75. The van der Waals surface area contributed by atoms with E-state index in [4.69, 9.17) is 0 Å². The van der Waals surface area contributed by atoms with Gasteiger partial charge in [0, 0.05) is 12.5 Å². The van der Waals surface area contributed by atoms with Gasteiger partial charge >= 0.3 is 6.18 Å². The van der Waals surface area contributed by atoms with Crippen molar-refractivity contribution in [1.29, 1.82) is 0 Å². The van der Waals surface area contributed by atoms with Gasteiger partial charge in [0.2, 0.25) is 0 Å². The molecule has 0 aliphatic rings. The van der Waals surface area contributed by atoms with Crippen LogP contribution in [-0.2, 0) is 6.42 Å². The standard InChI is InChI=1S/C16H24F3N/c1-3-6-14-7-9-15(10-8-14)13(2)20-12-5-4-11-16(17,18)19/h7-10,13,20H,3-6,11-12H2,1-2H3. The zero-order valence-electron chi connectivity index (χ0n) is 12.3. The van der Waals surface area contributed by atoms with Gasteiger partial charge in [-0.3, -0.25) is 0 Å². The van der Waals surface area contributed by atoms with Crippen molar-refractivity contribution in [2.75, 3.05) is 6.54 Å². The molecule has 0 fully saturated rings. The molecule has 1 nitrogen and oxygen atoms in total. The number of hydrogen-bond acceptors (Lipinski definition) is 1. The molecule has 0 radical (unpaired) electrons. The van der Waals surface area contributed by atoms with Crippen molar-refractivity contribution in [3.8, 4) is 0 Å². The summed E-state index contributed by atoms with van der Waals surface area (Å²) in [5.74, 6) is 0. The summed E-state index contributed by atoms with van der Waals surface area (Å²) in [6.45, 7) is 4.81. The Kier molecular flexibility index (Phi) is 7.06. The molecule has 0 spiro atoms. The summed E-state index contributed by atoms with van der Waals surface area (Å²) in [4.78, 5) is 0. The van der Waals surface area contributed by atoms with E-state index in [1.165, 1.54) is 11.1 Å². The second-order valence-corrected chi connectivity index (χ2v) is 5.24. The molecule has 0 bridgehead atoms. The zero-order valence-corrected chi connectivity index (χ0v) is 12.3. The van der Waals surface area contributed by atoms with Gasteiger partial charge in [0.15, 0.2) is 0 Å². The lowest BCUT2D eigenvalue weighted by Crippen LogP contribution is -2.20. The summed E-state index contributed by atoms with van der Waals surface area (Å²) in [6, 6.07) is 8.62. The summed E-state index contributed by atoms with van der Waals surface area (Å²) >= 11 is 0. The predicted molar refractivity (Wildman–Crippen MR) is 76.8 cm³/mol. The zero-order chi connectivity index (χ0) is 15.0. The number of nitrogens with one attached hydrogen (secondary N) is 1. The minimum atomic E-state index is -4.03. The number of benzene rings is 1. The fraction of sp³-hybridized carbons (Fsp3) is 0.625. The second kappa shape index (κ2) is 8.30. The molecule has 1 atom stereocenters. The van der Waals surface area contributed by atoms with Gasteiger partial charge < -0.3 is 5.32 Å². The van der Waals surface area contributed by atoms with Gasteiger partial charge in [0.25, 0.3) is 0 Å². The molecule has 1 rings (SSSR count). The lowest BCUT2D eigenvalue weighted by molar-refractivity contribution is -0.135. The first-order valence-electron chi connectivity index (χ1n) is 7.31. The van der Waals surface area contributed by atoms with Gasteiger partial charge in [-0.15, -0.1) is 0 Å².